The molecule has 5 heteroatoms. The Bertz CT molecular complexity index is 597. The predicted octanol–water partition coefficient (Wildman–Crippen LogP) is 2.57. The summed E-state index contributed by atoms with van der Waals surface area (Å²) in [6.45, 7) is 2.87. The second kappa shape index (κ2) is 6.30. The molecule has 0 N–H and O–H groups in total. The van der Waals surface area contributed by atoms with Gasteiger partial charge in [0.15, 0.2) is 0 Å². The average molecular weight is 299 g/mol. The van der Waals surface area contributed by atoms with Gasteiger partial charge in [-0.05, 0) is 38.3 Å². The smallest absolute Gasteiger partial charge is 0.270 e. The van der Waals surface area contributed by atoms with Crippen molar-refractivity contribution in [2.45, 2.75) is 45.1 Å². The van der Waals surface area contributed by atoms with Gasteiger partial charge in [0.1, 0.15) is 5.71 Å². The lowest BCUT2D eigenvalue weighted by molar-refractivity contribution is -0.127. The Morgan fingerprint density at radius 1 is 1.18 bits per heavy atom. The molecule has 116 valence electrons. The van der Waals surface area contributed by atoms with Crippen molar-refractivity contribution in [2.75, 3.05) is 11.6 Å². The first-order valence-corrected chi connectivity index (χ1v) is 7.93. The van der Waals surface area contributed by atoms with Gasteiger partial charge in [-0.15, -0.1) is 0 Å². The van der Waals surface area contributed by atoms with Crippen molar-refractivity contribution in [3.63, 3.8) is 0 Å². The van der Waals surface area contributed by atoms with Gasteiger partial charge in [-0.3, -0.25) is 9.59 Å². The van der Waals surface area contributed by atoms with Gasteiger partial charge >= 0.3 is 0 Å². The third-order valence-electron chi connectivity index (χ3n) is 4.34. The predicted molar refractivity (Wildman–Crippen MR) is 85.6 cm³/mol. The fourth-order valence-corrected chi connectivity index (χ4v) is 3.04. The van der Waals surface area contributed by atoms with Crippen LogP contribution in [0.4, 0.5) is 5.69 Å². The molecular formula is C17H21N3O2. The maximum absolute atomic E-state index is 12.7. The van der Waals surface area contributed by atoms with Gasteiger partial charge < -0.3 is 4.90 Å². The van der Waals surface area contributed by atoms with Gasteiger partial charge in [0.25, 0.3) is 5.91 Å². The molecule has 1 saturated heterocycles. The van der Waals surface area contributed by atoms with Crippen LogP contribution in [-0.4, -0.2) is 35.0 Å². The van der Waals surface area contributed by atoms with Crippen LogP contribution < -0.4 is 5.01 Å². The summed E-state index contributed by atoms with van der Waals surface area (Å²) in [5, 5.41) is 5.72. The van der Waals surface area contributed by atoms with Crippen LogP contribution >= 0.6 is 0 Å². The first kappa shape index (κ1) is 14.8. The number of para-hydroxylation sites is 1. The lowest BCUT2D eigenvalue weighted by Crippen LogP contribution is -2.47. The average Bonchev–Trinajstić information content (AvgIpc) is 2.56. The van der Waals surface area contributed by atoms with E-state index in [0.717, 1.165) is 19.4 Å². The lowest BCUT2D eigenvalue weighted by atomic mass is 10.0. The Labute approximate surface area is 130 Å². The SMILES string of the molecule is CC1CCCCN1C(=O)C1=NN(c2ccccc2)C(=O)CC1. The molecule has 0 saturated carbocycles. The summed E-state index contributed by atoms with van der Waals surface area (Å²) in [6, 6.07) is 9.54. The second-order valence-electron chi connectivity index (χ2n) is 5.93. The maximum atomic E-state index is 12.7. The summed E-state index contributed by atoms with van der Waals surface area (Å²) in [5.74, 6) is -0.0740. The number of anilines is 1. The number of carbonyl (C=O) groups is 2. The zero-order valence-corrected chi connectivity index (χ0v) is 12.9. The highest BCUT2D eigenvalue weighted by Gasteiger charge is 2.31. The molecule has 0 spiro atoms. The van der Waals surface area contributed by atoms with Crippen LogP contribution in [0.3, 0.4) is 0 Å². The van der Waals surface area contributed by atoms with Crippen LogP contribution in [0.25, 0.3) is 0 Å². The van der Waals surface area contributed by atoms with Crippen LogP contribution in [0.5, 0.6) is 0 Å². The number of hydrogen-bond donors (Lipinski definition) is 0. The molecule has 1 atom stereocenters. The number of benzene rings is 1. The monoisotopic (exact) mass is 299 g/mol. The molecule has 2 amide bonds. The molecule has 2 aliphatic rings. The van der Waals surface area contributed by atoms with Crippen molar-refractivity contribution in [2.24, 2.45) is 5.10 Å². The van der Waals surface area contributed by atoms with Gasteiger partial charge in [-0.1, -0.05) is 18.2 Å². The number of piperidine rings is 1. The summed E-state index contributed by atoms with van der Waals surface area (Å²) < 4.78 is 0. The number of amides is 2. The third-order valence-corrected chi connectivity index (χ3v) is 4.34. The van der Waals surface area contributed by atoms with Crippen LogP contribution in [0.15, 0.2) is 35.4 Å². The molecule has 5 nitrogen and oxygen atoms in total. The van der Waals surface area contributed by atoms with E-state index >= 15 is 0 Å². The van der Waals surface area contributed by atoms with E-state index in [1.807, 2.05) is 35.2 Å². The van der Waals surface area contributed by atoms with E-state index in [1.54, 1.807) is 0 Å². The topological polar surface area (TPSA) is 53.0 Å². The van der Waals surface area contributed by atoms with Crippen LogP contribution in [0.2, 0.25) is 0 Å². The Hall–Kier alpha value is -2.17. The lowest BCUT2D eigenvalue weighted by Gasteiger charge is -2.34. The standard InChI is InChI=1S/C17H21N3O2/c1-13-7-5-6-12-19(13)17(22)15-10-11-16(21)20(18-15)14-8-3-2-4-9-14/h2-4,8-9,13H,5-7,10-12H2,1H3. The Balaban J connectivity index is 1.84. The normalized spacial score (nSPS) is 22.5. The molecule has 22 heavy (non-hydrogen) atoms. The Kier molecular flexibility index (Phi) is 4.22. The third kappa shape index (κ3) is 2.89. The summed E-state index contributed by atoms with van der Waals surface area (Å²) in [6.07, 6.45) is 4.03. The first-order chi connectivity index (χ1) is 10.7. The molecule has 0 aliphatic carbocycles. The number of nitrogens with zero attached hydrogens (tertiary/aromatic N) is 3. The van der Waals surface area contributed by atoms with Crippen molar-refractivity contribution in [3.8, 4) is 0 Å². The molecule has 0 radical (unpaired) electrons. The van der Waals surface area contributed by atoms with Crippen LogP contribution in [0.1, 0.15) is 39.0 Å². The highest BCUT2D eigenvalue weighted by Crippen LogP contribution is 2.22. The number of carbonyl (C=O) groups excluding carboxylic acids is 2. The molecule has 1 fully saturated rings. The molecule has 1 aromatic carbocycles. The maximum Gasteiger partial charge on any atom is 0.270 e. The van der Waals surface area contributed by atoms with Crippen LogP contribution in [0, 0.1) is 0 Å². The summed E-state index contributed by atoms with van der Waals surface area (Å²) in [7, 11) is 0. The highest BCUT2D eigenvalue weighted by atomic mass is 16.2. The van der Waals surface area contributed by atoms with Crippen molar-refractivity contribution in [1.29, 1.82) is 0 Å². The van der Waals surface area contributed by atoms with Crippen molar-refractivity contribution >= 4 is 23.2 Å². The van der Waals surface area contributed by atoms with E-state index in [9.17, 15) is 9.59 Å². The minimum absolute atomic E-state index is 0.0133. The second-order valence-corrected chi connectivity index (χ2v) is 5.93. The molecule has 2 aliphatic heterocycles. The molecule has 1 aromatic rings. The first-order valence-electron chi connectivity index (χ1n) is 7.93. The molecular weight excluding hydrogens is 278 g/mol. The fourth-order valence-electron chi connectivity index (χ4n) is 3.04. The van der Waals surface area contributed by atoms with Gasteiger partial charge in [0.05, 0.1) is 5.69 Å². The largest absolute Gasteiger partial charge is 0.335 e. The van der Waals surface area contributed by atoms with Gasteiger partial charge in [0, 0.05) is 25.4 Å². The molecule has 0 aromatic heterocycles. The van der Waals surface area contributed by atoms with Gasteiger partial charge in [-0.25, -0.2) is 5.01 Å². The number of likely N-dealkylation sites (tertiary alicyclic amines) is 1. The van der Waals surface area contributed by atoms with Crippen molar-refractivity contribution in [1.82, 2.24) is 4.90 Å². The van der Waals surface area contributed by atoms with Crippen molar-refractivity contribution in [3.05, 3.63) is 30.3 Å². The van der Waals surface area contributed by atoms with Crippen molar-refractivity contribution < 1.29 is 9.59 Å². The Morgan fingerprint density at radius 3 is 2.68 bits per heavy atom. The number of rotatable bonds is 2. The Morgan fingerprint density at radius 2 is 1.95 bits per heavy atom. The minimum Gasteiger partial charge on any atom is -0.335 e. The highest BCUT2D eigenvalue weighted by molar-refractivity contribution is 6.40. The van der Waals surface area contributed by atoms with Gasteiger partial charge in [0.2, 0.25) is 5.91 Å². The molecule has 3 rings (SSSR count). The summed E-state index contributed by atoms with van der Waals surface area (Å²) in [4.78, 5) is 26.7. The summed E-state index contributed by atoms with van der Waals surface area (Å²) in [5.41, 5.74) is 1.21. The van der Waals surface area contributed by atoms with E-state index in [2.05, 4.69) is 12.0 Å². The summed E-state index contributed by atoms with van der Waals surface area (Å²) >= 11 is 0. The molecule has 2 heterocycles. The quantitative estimate of drug-likeness (QED) is 0.842. The van der Waals surface area contributed by atoms with E-state index in [-0.39, 0.29) is 17.9 Å². The van der Waals surface area contributed by atoms with Gasteiger partial charge in [-0.2, -0.15) is 5.10 Å². The van der Waals surface area contributed by atoms with E-state index in [1.165, 1.54) is 11.4 Å². The molecule has 0 bridgehead atoms. The number of hydrogen-bond acceptors (Lipinski definition) is 3. The number of hydrazone groups is 1. The van der Waals surface area contributed by atoms with E-state index < -0.39 is 0 Å². The van der Waals surface area contributed by atoms with E-state index in [0.29, 0.717) is 24.2 Å². The fraction of sp³-hybridized carbons (Fsp3) is 0.471. The minimum atomic E-state index is -0.0607. The zero-order chi connectivity index (χ0) is 15.5. The zero-order valence-electron chi connectivity index (χ0n) is 12.9. The van der Waals surface area contributed by atoms with E-state index in [4.69, 9.17) is 0 Å². The van der Waals surface area contributed by atoms with Crippen LogP contribution in [-0.2, 0) is 9.59 Å². The molecule has 1 unspecified atom stereocenters.